The van der Waals surface area contributed by atoms with Gasteiger partial charge in [0.15, 0.2) is 4.34 Å². The standard InChI is InChI=1S/C8H4ClF2NS2/c9-4-2-1-3-5-6(4)13-8(12-5)14-7(10)11/h1-3,7H. The average Bonchev–Trinajstić information content (AvgIpc) is 2.47. The number of benzene rings is 1. The van der Waals surface area contributed by atoms with Crippen LogP contribution in [0.25, 0.3) is 10.2 Å². The zero-order valence-corrected chi connectivity index (χ0v) is 9.10. The Kier molecular flexibility index (Phi) is 2.90. The summed E-state index contributed by atoms with van der Waals surface area (Å²) < 4.78 is 25.2. The second kappa shape index (κ2) is 4.00. The minimum absolute atomic E-state index is 0.350. The molecule has 74 valence electrons. The van der Waals surface area contributed by atoms with Crippen LogP contribution in [-0.2, 0) is 0 Å². The highest BCUT2D eigenvalue weighted by Crippen LogP contribution is 2.35. The first-order chi connectivity index (χ1) is 6.66. The van der Waals surface area contributed by atoms with E-state index < -0.39 is 5.76 Å². The summed E-state index contributed by atoms with van der Waals surface area (Å²) in [5.74, 6) is -2.44. The molecule has 0 aliphatic heterocycles. The maximum Gasteiger partial charge on any atom is 0.291 e. The van der Waals surface area contributed by atoms with Crippen LogP contribution in [0.15, 0.2) is 22.5 Å². The van der Waals surface area contributed by atoms with Gasteiger partial charge in [-0.05, 0) is 23.9 Å². The number of alkyl halides is 2. The fourth-order valence-electron chi connectivity index (χ4n) is 1.02. The van der Waals surface area contributed by atoms with Crippen LogP contribution in [0.1, 0.15) is 0 Å². The molecule has 2 rings (SSSR count). The smallest absolute Gasteiger partial charge is 0.229 e. The van der Waals surface area contributed by atoms with Gasteiger partial charge in [-0.2, -0.15) is 8.78 Å². The molecule has 0 amide bonds. The summed E-state index contributed by atoms with van der Waals surface area (Å²) in [6, 6.07) is 5.23. The van der Waals surface area contributed by atoms with E-state index in [1.165, 1.54) is 11.3 Å². The first-order valence-corrected chi connectivity index (χ1v) is 5.74. The van der Waals surface area contributed by atoms with Crippen molar-refractivity contribution < 1.29 is 8.78 Å². The van der Waals surface area contributed by atoms with Gasteiger partial charge < -0.3 is 0 Å². The molecule has 6 heteroatoms. The van der Waals surface area contributed by atoms with Gasteiger partial charge in [0.2, 0.25) is 0 Å². The van der Waals surface area contributed by atoms with Crippen LogP contribution in [0.3, 0.4) is 0 Å². The van der Waals surface area contributed by atoms with Gasteiger partial charge in [-0.3, -0.25) is 0 Å². The molecule has 0 bridgehead atoms. The highest BCUT2D eigenvalue weighted by molar-refractivity contribution is 8.01. The number of rotatable bonds is 2. The molecule has 0 spiro atoms. The van der Waals surface area contributed by atoms with Gasteiger partial charge in [0.1, 0.15) is 0 Å². The van der Waals surface area contributed by atoms with Crippen LogP contribution in [-0.4, -0.2) is 10.7 Å². The number of thioether (sulfide) groups is 1. The monoisotopic (exact) mass is 251 g/mol. The molecule has 0 aliphatic rings. The molecule has 0 fully saturated rings. The zero-order valence-electron chi connectivity index (χ0n) is 6.71. The molecular formula is C8H4ClF2NS2. The Morgan fingerprint density at radius 2 is 2.21 bits per heavy atom. The van der Waals surface area contributed by atoms with Gasteiger partial charge in [-0.25, -0.2) is 4.98 Å². The fraction of sp³-hybridized carbons (Fsp3) is 0.125. The van der Waals surface area contributed by atoms with Crippen LogP contribution in [0.2, 0.25) is 5.02 Å². The van der Waals surface area contributed by atoms with Crippen LogP contribution in [0, 0.1) is 0 Å². The van der Waals surface area contributed by atoms with Crippen molar-refractivity contribution in [2.75, 3.05) is 0 Å². The molecular weight excluding hydrogens is 248 g/mol. The average molecular weight is 252 g/mol. The Bertz CT molecular complexity index is 458. The van der Waals surface area contributed by atoms with Crippen molar-refractivity contribution in [3.8, 4) is 0 Å². The van der Waals surface area contributed by atoms with Gasteiger partial charge in [0, 0.05) is 0 Å². The molecule has 0 unspecified atom stereocenters. The summed E-state index contributed by atoms with van der Waals surface area (Å²) >= 11 is 7.52. The van der Waals surface area contributed by atoms with E-state index in [4.69, 9.17) is 11.6 Å². The lowest BCUT2D eigenvalue weighted by Gasteiger charge is -1.90. The Morgan fingerprint density at radius 3 is 2.86 bits per heavy atom. The van der Waals surface area contributed by atoms with Crippen molar-refractivity contribution in [1.29, 1.82) is 0 Å². The van der Waals surface area contributed by atoms with E-state index in [1.54, 1.807) is 18.2 Å². The van der Waals surface area contributed by atoms with Gasteiger partial charge in [0.05, 0.1) is 15.2 Å². The summed E-state index contributed by atoms with van der Waals surface area (Å²) in [7, 11) is 0. The number of nitrogens with zero attached hydrogens (tertiary/aromatic N) is 1. The molecule has 1 heterocycles. The molecule has 0 aliphatic carbocycles. The normalized spacial score (nSPS) is 11.4. The number of thiazole rings is 1. The summed E-state index contributed by atoms with van der Waals surface area (Å²) in [5.41, 5.74) is 0.672. The first-order valence-electron chi connectivity index (χ1n) is 3.66. The molecule has 0 radical (unpaired) electrons. The number of hydrogen-bond donors (Lipinski definition) is 0. The van der Waals surface area contributed by atoms with E-state index in [2.05, 4.69) is 4.98 Å². The maximum absolute atomic E-state index is 12.0. The number of halogens is 3. The maximum atomic E-state index is 12.0. The third-order valence-corrected chi connectivity index (χ3v) is 3.87. The summed E-state index contributed by atoms with van der Waals surface area (Å²) in [6.45, 7) is 0. The van der Waals surface area contributed by atoms with Crippen molar-refractivity contribution in [2.45, 2.75) is 10.1 Å². The van der Waals surface area contributed by atoms with Crippen LogP contribution < -0.4 is 0 Å². The minimum atomic E-state index is -2.44. The summed E-state index contributed by atoms with van der Waals surface area (Å²) in [6.07, 6.45) is 0. The van der Waals surface area contributed by atoms with E-state index in [0.29, 0.717) is 26.6 Å². The lowest BCUT2D eigenvalue weighted by atomic mass is 10.3. The predicted octanol–water partition coefficient (Wildman–Crippen LogP) is 4.26. The third kappa shape index (κ3) is 1.99. The highest BCUT2D eigenvalue weighted by Gasteiger charge is 2.11. The second-order valence-corrected chi connectivity index (χ2v) is 5.09. The predicted molar refractivity (Wildman–Crippen MR) is 56.5 cm³/mol. The topological polar surface area (TPSA) is 12.9 Å². The van der Waals surface area contributed by atoms with Crippen molar-refractivity contribution in [3.05, 3.63) is 23.2 Å². The lowest BCUT2D eigenvalue weighted by Crippen LogP contribution is -1.78. The molecule has 1 aromatic carbocycles. The van der Waals surface area contributed by atoms with Crippen molar-refractivity contribution in [2.24, 2.45) is 0 Å². The molecule has 1 nitrogen and oxygen atoms in total. The minimum Gasteiger partial charge on any atom is -0.229 e. The van der Waals surface area contributed by atoms with Gasteiger partial charge >= 0.3 is 0 Å². The largest absolute Gasteiger partial charge is 0.291 e. The Labute approximate surface area is 92.1 Å². The van der Waals surface area contributed by atoms with Crippen LogP contribution in [0.5, 0.6) is 0 Å². The van der Waals surface area contributed by atoms with Crippen molar-refractivity contribution in [3.63, 3.8) is 0 Å². The molecule has 2 aromatic rings. The third-order valence-electron chi connectivity index (χ3n) is 1.54. The Hall–Kier alpha value is -0.390. The van der Waals surface area contributed by atoms with Crippen molar-refractivity contribution in [1.82, 2.24) is 4.98 Å². The molecule has 0 N–H and O–H groups in total. The van der Waals surface area contributed by atoms with Gasteiger partial charge in [-0.15, -0.1) is 11.3 Å². The molecule has 0 saturated carbocycles. The van der Waals surface area contributed by atoms with Crippen molar-refractivity contribution >= 4 is 44.9 Å². The van der Waals surface area contributed by atoms with Gasteiger partial charge in [-0.1, -0.05) is 17.7 Å². The number of aromatic nitrogens is 1. The molecule has 0 atom stereocenters. The van der Waals surface area contributed by atoms with Crippen LogP contribution >= 0.6 is 34.7 Å². The highest BCUT2D eigenvalue weighted by atomic mass is 35.5. The Morgan fingerprint density at radius 1 is 1.43 bits per heavy atom. The van der Waals surface area contributed by atoms with Crippen LogP contribution in [0.4, 0.5) is 8.78 Å². The second-order valence-electron chi connectivity index (χ2n) is 2.45. The van der Waals surface area contributed by atoms with E-state index in [9.17, 15) is 8.78 Å². The SMILES string of the molecule is FC(F)Sc1nc2cccc(Cl)c2s1. The summed E-state index contributed by atoms with van der Waals surface area (Å²) in [5, 5.41) is 0.557. The number of hydrogen-bond acceptors (Lipinski definition) is 3. The molecule has 14 heavy (non-hydrogen) atoms. The quantitative estimate of drug-likeness (QED) is 0.740. The zero-order chi connectivity index (χ0) is 10.1. The first kappa shape index (κ1) is 10.1. The lowest BCUT2D eigenvalue weighted by molar-refractivity contribution is 0.252. The Balaban J connectivity index is 2.46. The fourth-order valence-corrected chi connectivity index (χ4v) is 2.97. The van der Waals surface area contributed by atoms with Gasteiger partial charge in [0.25, 0.3) is 5.76 Å². The van der Waals surface area contributed by atoms with E-state index in [0.717, 1.165) is 4.70 Å². The van der Waals surface area contributed by atoms with E-state index in [1.807, 2.05) is 0 Å². The number of fused-ring (bicyclic) bond motifs is 1. The molecule has 1 aromatic heterocycles. The van der Waals surface area contributed by atoms with E-state index in [-0.39, 0.29) is 0 Å². The summed E-state index contributed by atoms with van der Waals surface area (Å²) in [4.78, 5) is 4.03. The molecule has 0 saturated heterocycles. The van der Waals surface area contributed by atoms with E-state index >= 15 is 0 Å².